The summed E-state index contributed by atoms with van der Waals surface area (Å²) < 4.78 is 5.00. The number of methoxy groups -OCH3 is 1. The summed E-state index contributed by atoms with van der Waals surface area (Å²) in [6.45, 7) is 3.96. The molecule has 0 bridgehead atoms. The molecule has 0 unspecified atom stereocenters. The number of ether oxygens (including phenoxy) is 1. The molecule has 0 saturated heterocycles. The normalized spacial score (nSPS) is 10.4. The van der Waals surface area contributed by atoms with E-state index in [1.54, 1.807) is 0 Å². The van der Waals surface area contributed by atoms with Gasteiger partial charge >= 0.3 is 5.97 Å². The summed E-state index contributed by atoms with van der Waals surface area (Å²) in [4.78, 5) is 14.6. The topological polar surface area (TPSA) is 62.3 Å². The van der Waals surface area contributed by atoms with Crippen molar-refractivity contribution in [2.75, 3.05) is 7.11 Å². The summed E-state index contributed by atoms with van der Waals surface area (Å²) in [6.07, 6.45) is 0.642. The average molecular weight is 303 g/mol. The fourth-order valence-electron chi connectivity index (χ4n) is 2.22. The molecule has 2 aromatic rings. The zero-order valence-corrected chi connectivity index (χ0v) is 13.0. The zero-order chi connectivity index (χ0) is 15.6. The van der Waals surface area contributed by atoms with E-state index in [0.29, 0.717) is 10.9 Å². The van der Waals surface area contributed by atoms with Crippen LogP contribution in [0.25, 0.3) is 11.3 Å². The number of H-pyrrole nitrogens is 1. The number of pyridine rings is 1. The molecule has 1 heterocycles. The van der Waals surface area contributed by atoms with E-state index in [1.807, 2.05) is 38.1 Å². The maximum atomic E-state index is 11.7. The van der Waals surface area contributed by atoms with Gasteiger partial charge in [-0.2, -0.15) is 0 Å². The number of aromatic hydroxyl groups is 1. The van der Waals surface area contributed by atoms with Gasteiger partial charge in [-0.15, -0.1) is 0 Å². The van der Waals surface area contributed by atoms with Gasteiger partial charge in [-0.25, -0.2) is 4.79 Å². The molecule has 1 aromatic heterocycles. The Labute approximate surface area is 128 Å². The number of nitrogens with one attached hydrogen (secondary N) is 1. The first-order valence-electron chi connectivity index (χ1n) is 6.63. The maximum Gasteiger partial charge on any atom is 0.344 e. The summed E-state index contributed by atoms with van der Waals surface area (Å²) in [7, 11) is 1.26. The van der Waals surface area contributed by atoms with Crippen molar-refractivity contribution in [1.82, 2.24) is 4.98 Å². The van der Waals surface area contributed by atoms with Gasteiger partial charge in [0.15, 0.2) is 0 Å². The van der Waals surface area contributed by atoms with Crippen LogP contribution >= 0.6 is 12.2 Å². The maximum absolute atomic E-state index is 11.7. The van der Waals surface area contributed by atoms with Crippen LogP contribution in [0.15, 0.2) is 24.3 Å². The number of hydrogen-bond acceptors (Lipinski definition) is 4. The number of hydrogen-bond donors (Lipinski definition) is 2. The molecular formula is C16H17NO3S. The lowest BCUT2D eigenvalue weighted by Crippen LogP contribution is -2.07. The van der Waals surface area contributed by atoms with Crippen molar-refractivity contribution in [3.8, 4) is 17.1 Å². The largest absolute Gasteiger partial charge is 0.494 e. The standard InChI is InChI=1S/C16H17NO3S/c1-4-11-13(10-7-5-9(2)6-8-10)17-15(18)12(14(11)21)16(19)20-3/h5-8H,4H2,1-3H3,(H2,17,18,21). The van der Waals surface area contributed by atoms with Gasteiger partial charge in [-0.1, -0.05) is 49.0 Å². The second-order valence-corrected chi connectivity index (χ2v) is 5.15. The van der Waals surface area contributed by atoms with Crippen molar-refractivity contribution in [1.29, 1.82) is 0 Å². The minimum atomic E-state index is -0.640. The Morgan fingerprint density at radius 2 is 1.95 bits per heavy atom. The second kappa shape index (κ2) is 6.10. The molecule has 0 amide bonds. The smallest absolute Gasteiger partial charge is 0.344 e. The monoisotopic (exact) mass is 303 g/mol. The zero-order valence-electron chi connectivity index (χ0n) is 12.2. The molecule has 110 valence electrons. The summed E-state index contributed by atoms with van der Waals surface area (Å²) in [5, 5.41) is 10.1. The van der Waals surface area contributed by atoms with Gasteiger partial charge in [-0.3, -0.25) is 0 Å². The van der Waals surface area contributed by atoms with Gasteiger partial charge in [-0.05, 0) is 24.5 Å². The van der Waals surface area contributed by atoms with Crippen molar-refractivity contribution >= 4 is 18.2 Å². The SMILES string of the molecule is CCc1c(-c2ccc(C)cc2)[nH]c(O)c(C(=O)OC)c1=S. The number of benzene rings is 1. The average Bonchev–Trinajstić information content (AvgIpc) is 2.47. The molecule has 0 fully saturated rings. The molecule has 2 N–H and O–H groups in total. The highest BCUT2D eigenvalue weighted by Crippen LogP contribution is 2.29. The fraction of sp³-hybridized carbons (Fsp3) is 0.250. The van der Waals surface area contributed by atoms with Gasteiger partial charge in [0.05, 0.1) is 17.3 Å². The predicted octanol–water partition coefficient (Wildman–Crippen LogP) is 3.77. The van der Waals surface area contributed by atoms with Crippen LogP contribution in [0.3, 0.4) is 0 Å². The van der Waals surface area contributed by atoms with E-state index < -0.39 is 5.97 Å². The Morgan fingerprint density at radius 1 is 1.33 bits per heavy atom. The quantitative estimate of drug-likeness (QED) is 0.669. The van der Waals surface area contributed by atoms with Crippen LogP contribution < -0.4 is 0 Å². The third-order valence-corrected chi connectivity index (χ3v) is 3.82. The first kappa shape index (κ1) is 15.3. The number of carbonyl (C=O) groups excluding carboxylic acids is 1. The number of aromatic nitrogens is 1. The lowest BCUT2D eigenvalue weighted by atomic mass is 10.0. The van der Waals surface area contributed by atoms with Crippen LogP contribution in [0.4, 0.5) is 0 Å². The van der Waals surface area contributed by atoms with Crippen LogP contribution in [-0.4, -0.2) is 23.2 Å². The van der Waals surface area contributed by atoms with Crippen molar-refractivity contribution in [2.45, 2.75) is 20.3 Å². The number of aromatic amines is 1. The molecule has 1 aromatic carbocycles. The second-order valence-electron chi connectivity index (χ2n) is 4.74. The van der Waals surface area contributed by atoms with Crippen molar-refractivity contribution < 1.29 is 14.6 Å². The van der Waals surface area contributed by atoms with Crippen LogP contribution in [-0.2, 0) is 11.2 Å². The highest BCUT2D eigenvalue weighted by Gasteiger charge is 2.20. The molecular weight excluding hydrogens is 286 g/mol. The fourth-order valence-corrected chi connectivity index (χ4v) is 2.65. The van der Waals surface area contributed by atoms with Crippen molar-refractivity contribution in [3.63, 3.8) is 0 Å². The van der Waals surface area contributed by atoms with Crippen LogP contribution in [0.2, 0.25) is 0 Å². The van der Waals surface area contributed by atoms with E-state index in [1.165, 1.54) is 7.11 Å². The number of rotatable bonds is 3. The summed E-state index contributed by atoms with van der Waals surface area (Å²) >= 11 is 5.35. The molecule has 0 aliphatic carbocycles. The Hall–Kier alpha value is -2.14. The minimum Gasteiger partial charge on any atom is -0.494 e. The predicted molar refractivity (Wildman–Crippen MR) is 84.2 cm³/mol. The molecule has 2 rings (SSSR count). The first-order chi connectivity index (χ1) is 9.99. The molecule has 0 aliphatic heterocycles. The van der Waals surface area contributed by atoms with Crippen LogP contribution in [0.1, 0.15) is 28.4 Å². The summed E-state index contributed by atoms with van der Waals surface area (Å²) in [6, 6.07) is 7.87. The lowest BCUT2D eigenvalue weighted by Gasteiger charge is -2.13. The highest BCUT2D eigenvalue weighted by molar-refractivity contribution is 7.71. The Kier molecular flexibility index (Phi) is 4.43. The molecule has 0 atom stereocenters. The number of aryl methyl sites for hydroxylation is 1. The van der Waals surface area contributed by atoms with E-state index in [2.05, 4.69) is 9.72 Å². The molecule has 0 aliphatic rings. The minimum absolute atomic E-state index is 0.0141. The molecule has 0 saturated carbocycles. The number of carbonyl (C=O) groups is 1. The van der Waals surface area contributed by atoms with E-state index >= 15 is 0 Å². The first-order valence-corrected chi connectivity index (χ1v) is 7.03. The van der Waals surface area contributed by atoms with Gasteiger partial charge in [0.2, 0.25) is 5.88 Å². The third-order valence-electron chi connectivity index (χ3n) is 3.37. The Bertz CT molecular complexity index is 732. The third kappa shape index (κ3) is 2.83. The molecule has 5 heteroatoms. The summed E-state index contributed by atoms with van der Waals surface area (Å²) in [5.74, 6) is -0.904. The van der Waals surface area contributed by atoms with E-state index in [4.69, 9.17) is 12.2 Å². The van der Waals surface area contributed by atoms with Crippen molar-refractivity contribution in [2.24, 2.45) is 0 Å². The lowest BCUT2D eigenvalue weighted by molar-refractivity contribution is 0.0596. The molecule has 0 spiro atoms. The van der Waals surface area contributed by atoms with Gasteiger partial charge in [0.25, 0.3) is 0 Å². The van der Waals surface area contributed by atoms with E-state index in [9.17, 15) is 9.90 Å². The highest BCUT2D eigenvalue weighted by atomic mass is 32.1. The van der Waals surface area contributed by atoms with Gasteiger partial charge in [0.1, 0.15) is 5.56 Å². The Morgan fingerprint density at radius 3 is 2.48 bits per heavy atom. The molecule has 21 heavy (non-hydrogen) atoms. The van der Waals surface area contributed by atoms with Crippen molar-refractivity contribution in [3.05, 3.63) is 45.5 Å². The van der Waals surface area contributed by atoms with E-state index in [0.717, 1.165) is 22.4 Å². The molecule has 0 radical (unpaired) electrons. The van der Waals surface area contributed by atoms with E-state index in [-0.39, 0.29) is 11.4 Å². The Balaban J connectivity index is 2.72. The van der Waals surface area contributed by atoms with Gasteiger partial charge < -0.3 is 14.8 Å². The van der Waals surface area contributed by atoms with Crippen LogP contribution in [0, 0.1) is 11.4 Å². The van der Waals surface area contributed by atoms with Crippen LogP contribution in [0.5, 0.6) is 5.88 Å². The molecule has 4 nitrogen and oxygen atoms in total. The van der Waals surface area contributed by atoms with Gasteiger partial charge in [0, 0.05) is 0 Å². The summed E-state index contributed by atoms with van der Waals surface area (Å²) in [5.41, 5.74) is 3.61. The number of esters is 1.